The lowest BCUT2D eigenvalue weighted by molar-refractivity contribution is 0.329. The maximum atomic E-state index is 13.7. The zero-order valence-electron chi connectivity index (χ0n) is 11.4. The predicted octanol–water partition coefficient (Wildman–Crippen LogP) is 3.16. The molecule has 0 amide bonds. The molecule has 2 nitrogen and oxygen atoms in total. The molecule has 1 aromatic carbocycles. The molecule has 0 spiro atoms. The zero-order valence-corrected chi connectivity index (χ0v) is 11.4. The number of halogens is 1. The molecule has 0 bridgehead atoms. The van der Waals surface area contributed by atoms with Crippen LogP contribution in [0.15, 0.2) is 18.2 Å². The maximum absolute atomic E-state index is 13.7. The van der Waals surface area contributed by atoms with Crippen LogP contribution in [0, 0.1) is 11.2 Å². The van der Waals surface area contributed by atoms with Gasteiger partial charge in [-0.3, -0.25) is 0 Å². The lowest BCUT2D eigenvalue weighted by Gasteiger charge is -2.37. The van der Waals surface area contributed by atoms with Gasteiger partial charge in [-0.2, -0.15) is 0 Å². The average Bonchev–Trinajstić information content (AvgIpc) is 2.25. The van der Waals surface area contributed by atoms with Crippen LogP contribution in [0.25, 0.3) is 0 Å². The third kappa shape index (κ3) is 3.19. The summed E-state index contributed by atoms with van der Waals surface area (Å²) in [4.78, 5) is 2.10. The number of nitrogens with zero attached hydrogens (tertiary/aromatic N) is 1. The summed E-state index contributed by atoms with van der Waals surface area (Å²) in [6.07, 6.45) is 0. The fraction of sp³-hybridized carbons (Fsp3) is 0.571. The summed E-state index contributed by atoms with van der Waals surface area (Å²) in [6.45, 7) is 8.93. The summed E-state index contributed by atoms with van der Waals surface area (Å²) in [5.41, 5.74) is 7.05. The average molecular weight is 238 g/mol. The Kier molecular flexibility index (Phi) is 4.15. The van der Waals surface area contributed by atoms with Crippen molar-refractivity contribution < 1.29 is 4.39 Å². The lowest BCUT2D eigenvalue weighted by Crippen LogP contribution is -2.39. The minimum atomic E-state index is -0.224. The van der Waals surface area contributed by atoms with Crippen molar-refractivity contribution in [3.8, 4) is 0 Å². The normalized spacial score (nSPS) is 13.6. The van der Waals surface area contributed by atoms with Crippen LogP contribution in [0.5, 0.6) is 0 Å². The Labute approximate surface area is 104 Å². The first-order valence-electron chi connectivity index (χ1n) is 5.98. The van der Waals surface area contributed by atoms with Crippen molar-refractivity contribution in [2.24, 2.45) is 11.1 Å². The molecule has 17 heavy (non-hydrogen) atoms. The van der Waals surface area contributed by atoms with Gasteiger partial charge < -0.3 is 10.6 Å². The van der Waals surface area contributed by atoms with E-state index in [1.165, 1.54) is 0 Å². The quantitative estimate of drug-likeness (QED) is 0.876. The molecule has 2 N–H and O–H groups in total. The first-order valence-corrected chi connectivity index (χ1v) is 5.98. The fourth-order valence-electron chi connectivity index (χ4n) is 1.73. The second-order valence-electron chi connectivity index (χ2n) is 5.63. The van der Waals surface area contributed by atoms with E-state index in [4.69, 9.17) is 5.73 Å². The van der Waals surface area contributed by atoms with Crippen molar-refractivity contribution in [3.63, 3.8) is 0 Å². The number of rotatable bonds is 3. The van der Waals surface area contributed by atoms with E-state index >= 15 is 0 Å². The van der Waals surface area contributed by atoms with Gasteiger partial charge in [0.15, 0.2) is 0 Å². The second kappa shape index (κ2) is 5.05. The third-order valence-corrected chi connectivity index (χ3v) is 3.50. The van der Waals surface area contributed by atoms with Gasteiger partial charge in [-0.15, -0.1) is 0 Å². The zero-order chi connectivity index (χ0) is 13.2. The number of hydrogen-bond acceptors (Lipinski definition) is 2. The Hall–Kier alpha value is -1.09. The molecule has 0 aliphatic carbocycles. The molecular weight excluding hydrogens is 215 g/mol. The molecule has 0 aliphatic rings. The molecule has 0 heterocycles. The van der Waals surface area contributed by atoms with Gasteiger partial charge >= 0.3 is 0 Å². The molecule has 0 saturated carbocycles. The highest BCUT2D eigenvalue weighted by Gasteiger charge is 2.24. The summed E-state index contributed by atoms with van der Waals surface area (Å²) >= 11 is 0. The number of nitrogens with two attached hydrogens (primary N) is 1. The smallest absolute Gasteiger partial charge is 0.129 e. The molecule has 1 atom stereocenters. The first kappa shape index (κ1) is 14.0. The van der Waals surface area contributed by atoms with Gasteiger partial charge in [-0.25, -0.2) is 4.39 Å². The van der Waals surface area contributed by atoms with Crippen LogP contribution >= 0.6 is 0 Å². The lowest BCUT2D eigenvalue weighted by atomic mass is 9.87. The number of benzene rings is 1. The second-order valence-corrected chi connectivity index (χ2v) is 5.63. The summed E-state index contributed by atoms with van der Waals surface area (Å²) < 4.78 is 13.7. The van der Waals surface area contributed by atoms with E-state index in [-0.39, 0.29) is 17.8 Å². The van der Waals surface area contributed by atoms with Gasteiger partial charge in [0.2, 0.25) is 0 Å². The van der Waals surface area contributed by atoms with E-state index in [1.54, 1.807) is 12.1 Å². The monoisotopic (exact) mass is 238 g/mol. The van der Waals surface area contributed by atoms with E-state index in [9.17, 15) is 4.39 Å². The van der Waals surface area contributed by atoms with Crippen molar-refractivity contribution >= 4 is 5.69 Å². The summed E-state index contributed by atoms with van der Waals surface area (Å²) in [7, 11) is 1.99. The molecule has 96 valence electrons. The Balaban J connectivity index is 2.97. The van der Waals surface area contributed by atoms with E-state index in [0.29, 0.717) is 11.6 Å². The highest BCUT2D eigenvalue weighted by atomic mass is 19.1. The Morgan fingerprint density at radius 2 is 1.94 bits per heavy atom. The molecule has 0 fully saturated rings. The number of anilines is 1. The van der Waals surface area contributed by atoms with Crippen LogP contribution < -0.4 is 10.6 Å². The minimum absolute atomic E-state index is 0.151. The molecule has 0 aliphatic heterocycles. The van der Waals surface area contributed by atoms with Crippen molar-refractivity contribution in [2.75, 3.05) is 11.9 Å². The molecule has 1 unspecified atom stereocenters. The standard InChI is InChI=1S/C14H23FN2/c1-10(14(2,3)4)17(5)12-7-6-11(9-16)13(15)8-12/h6-8,10H,9,16H2,1-5H3. The Morgan fingerprint density at radius 1 is 1.35 bits per heavy atom. The van der Waals surface area contributed by atoms with Gasteiger partial charge in [0.25, 0.3) is 0 Å². The third-order valence-electron chi connectivity index (χ3n) is 3.50. The van der Waals surface area contributed by atoms with Crippen molar-refractivity contribution in [1.29, 1.82) is 0 Å². The highest BCUT2D eigenvalue weighted by Crippen LogP contribution is 2.28. The van der Waals surface area contributed by atoms with Gasteiger partial charge in [0.1, 0.15) is 5.82 Å². The summed E-state index contributed by atoms with van der Waals surface area (Å²) in [6, 6.07) is 5.57. The van der Waals surface area contributed by atoms with E-state index in [1.807, 2.05) is 13.1 Å². The van der Waals surface area contributed by atoms with E-state index in [2.05, 4.69) is 32.6 Å². The van der Waals surface area contributed by atoms with Crippen LogP contribution in [-0.2, 0) is 6.54 Å². The fourth-order valence-corrected chi connectivity index (χ4v) is 1.73. The predicted molar refractivity (Wildman–Crippen MR) is 71.6 cm³/mol. The minimum Gasteiger partial charge on any atom is -0.371 e. The van der Waals surface area contributed by atoms with Crippen LogP contribution in [-0.4, -0.2) is 13.1 Å². The summed E-state index contributed by atoms with van der Waals surface area (Å²) in [5, 5.41) is 0. The van der Waals surface area contributed by atoms with Gasteiger partial charge in [0, 0.05) is 30.9 Å². The molecule has 1 rings (SSSR count). The van der Waals surface area contributed by atoms with E-state index < -0.39 is 0 Å². The van der Waals surface area contributed by atoms with Crippen LogP contribution in [0.3, 0.4) is 0 Å². The number of hydrogen-bond donors (Lipinski definition) is 1. The van der Waals surface area contributed by atoms with Crippen LogP contribution in [0.2, 0.25) is 0 Å². The molecule has 0 saturated heterocycles. The van der Waals surface area contributed by atoms with Gasteiger partial charge in [-0.1, -0.05) is 26.8 Å². The SMILES string of the molecule is CC(N(C)c1ccc(CN)c(F)c1)C(C)(C)C. The molecule has 1 aromatic rings. The van der Waals surface area contributed by atoms with Crippen LogP contribution in [0.4, 0.5) is 10.1 Å². The van der Waals surface area contributed by atoms with Crippen molar-refractivity contribution in [1.82, 2.24) is 0 Å². The van der Waals surface area contributed by atoms with E-state index in [0.717, 1.165) is 5.69 Å². The van der Waals surface area contributed by atoms with Gasteiger partial charge in [0.05, 0.1) is 0 Å². The highest BCUT2D eigenvalue weighted by molar-refractivity contribution is 5.48. The topological polar surface area (TPSA) is 29.3 Å². The molecule has 3 heteroatoms. The van der Waals surface area contributed by atoms with Crippen LogP contribution in [0.1, 0.15) is 33.3 Å². The van der Waals surface area contributed by atoms with Gasteiger partial charge in [-0.05, 0) is 24.5 Å². The maximum Gasteiger partial charge on any atom is 0.129 e. The largest absolute Gasteiger partial charge is 0.371 e. The molecule has 0 radical (unpaired) electrons. The molecular formula is C14H23FN2. The van der Waals surface area contributed by atoms with Crippen molar-refractivity contribution in [3.05, 3.63) is 29.6 Å². The molecule has 0 aromatic heterocycles. The van der Waals surface area contributed by atoms with Crippen molar-refractivity contribution in [2.45, 2.75) is 40.3 Å². The Morgan fingerprint density at radius 3 is 2.35 bits per heavy atom. The Bertz CT molecular complexity index is 382. The first-order chi connectivity index (χ1) is 7.77. The summed E-state index contributed by atoms with van der Waals surface area (Å²) in [5.74, 6) is -0.224.